The molecule has 3 heterocycles. The van der Waals surface area contributed by atoms with Gasteiger partial charge in [-0.15, -0.1) is 0 Å². The Hall–Kier alpha value is -8.06. The third kappa shape index (κ3) is 7.34. The van der Waals surface area contributed by atoms with Gasteiger partial charge in [-0.2, -0.15) is 57.9 Å². The molecule has 0 N–H and O–H groups in total. The SMILES string of the molecule is N#Cc1ccc(-c2cnccc2-n2c3ccccc3c3cc(-c4ccc(C(F)(F)F)cc4C(F)(F)F)ccc32)c(-n2c3ccccc3c3cc(-c4ccc(C(F)(F)F)cc4C(F)(F)F)ccc32)c1. The van der Waals surface area contributed by atoms with E-state index in [1.54, 1.807) is 91.1 Å². The Labute approximate surface area is 376 Å². The van der Waals surface area contributed by atoms with Crippen LogP contribution in [0.5, 0.6) is 0 Å². The number of nitrogens with zero attached hydrogens (tertiary/aromatic N) is 4. The van der Waals surface area contributed by atoms with Crippen molar-refractivity contribution in [1.29, 1.82) is 5.26 Å². The number of hydrogen-bond donors (Lipinski definition) is 0. The normalized spacial score (nSPS) is 12.7. The van der Waals surface area contributed by atoms with Crippen LogP contribution in [0.1, 0.15) is 27.8 Å². The van der Waals surface area contributed by atoms with E-state index in [-0.39, 0.29) is 28.8 Å². The molecule has 10 rings (SSSR count). The molecule has 0 aliphatic rings. The van der Waals surface area contributed by atoms with Crippen LogP contribution in [0.2, 0.25) is 0 Å². The molecule has 0 saturated carbocycles. The number of pyridine rings is 1. The maximum atomic E-state index is 14.4. The maximum Gasteiger partial charge on any atom is 0.417 e. The summed E-state index contributed by atoms with van der Waals surface area (Å²) in [6.45, 7) is 0. The first-order valence-corrected chi connectivity index (χ1v) is 20.4. The van der Waals surface area contributed by atoms with Gasteiger partial charge in [0.1, 0.15) is 0 Å². The molecule has 0 saturated heterocycles. The van der Waals surface area contributed by atoms with Crippen LogP contribution in [0.25, 0.3) is 88.4 Å². The van der Waals surface area contributed by atoms with E-state index in [0.717, 1.165) is 12.1 Å². The molecule has 0 aliphatic heterocycles. The molecule has 0 spiro atoms. The summed E-state index contributed by atoms with van der Waals surface area (Å²) in [6, 6.07) is 34.7. The van der Waals surface area contributed by atoms with E-state index in [9.17, 15) is 57.9 Å². The summed E-state index contributed by atoms with van der Waals surface area (Å²) in [4.78, 5) is 4.45. The third-order valence-corrected chi connectivity index (χ3v) is 12.0. The average molecular weight is 935 g/mol. The highest BCUT2D eigenvalue weighted by molar-refractivity contribution is 6.13. The number of halogens is 12. The zero-order valence-electron chi connectivity index (χ0n) is 34.3. The van der Waals surface area contributed by atoms with Gasteiger partial charge < -0.3 is 9.13 Å². The second kappa shape index (κ2) is 15.5. The van der Waals surface area contributed by atoms with Crippen molar-refractivity contribution in [3.8, 4) is 50.8 Å². The van der Waals surface area contributed by atoms with Crippen LogP contribution in [0.15, 0.2) is 158 Å². The van der Waals surface area contributed by atoms with E-state index in [1.807, 2.05) is 9.13 Å². The first-order valence-electron chi connectivity index (χ1n) is 20.4. The highest BCUT2D eigenvalue weighted by atomic mass is 19.4. The zero-order chi connectivity index (χ0) is 48.1. The lowest BCUT2D eigenvalue weighted by atomic mass is 9.95. The third-order valence-electron chi connectivity index (χ3n) is 12.0. The van der Waals surface area contributed by atoms with Crippen molar-refractivity contribution in [1.82, 2.24) is 14.1 Å². The van der Waals surface area contributed by atoms with Crippen molar-refractivity contribution in [2.75, 3.05) is 0 Å². The number of nitriles is 1. The minimum Gasteiger partial charge on any atom is -0.309 e. The molecular weight excluding hydrogens is 909 g/mol. The molecule has 16 heteroatoms. The predicted molar refractivity (Wildman–Crippen MR) is 234 cm³/mol. The summed E-state index contributed by atoms with van der Waals surface area (Å²) in [5, 5.41) is 12.3. The molecule has 0 aliphatic carbocycles. The molecule has 0 bridgehead atoms. The number of fused-ring (bicyclic) bond motifs is 6. The van der Waals surface area contributed by atoms with Gasteiger partial charge in [-0.1, -0.05) is 66.7 Å². The van der Waals surface area contributed by atoms with Crippen LogP contribution >= 0.6 is 0 Å². The van der Waals surface area contributed by atoms with Gasteiger partial charge in [0.25, 0.3) is 0 Å². The Morgan fingerprint density at radius 2 is 0.853 bits per heavy atom. The molecule has 68 heavy (non-hydrogen) atoms. The molecule has 7 aromatic carbocycles. The number of benzene rings is 7. The Morgan fingerprint density at radius 1 is 0.397 bits per heavy atom. The average Bonchev–Trinajstić information content (AvgIpc) is 3.82. The van der Waals surface area contributed by atoms with Crippen molar-refractivity contribution in [3.63, 3.8) is 0 Å². The molecule has 4 nitrogen and oxygen atoms in total. The molecule has 0 unspecified atom stereocenters. The number of aromatic nitrogens is 3. The van der Waals surface area contributed by atoms with Crippen LogP contribution in [0.3, 0.4) is 0 Å². The van der Waals surface area contributed by atoms with Crippen LogP contribution in [0.4, 0.5) is 52.7 Å². The number of rotatable bonds is 5. The zero-order valence-corrected chi connectivity index (χ0v) is 34.3. The molecule has 0 amide bonds. The highest BCUT2D eigenvalue weighted by Gasteiger charge is 2.40. The van der Waals surface area contributed by atoms with Gasteiger partial charge in [0.15, 0.2) is 0 Å². The lowest BCUT2D eigenvalue weighted by Gasteiger charge is -2.19. The fraction of sp³-hybridized carbons (Fsp3) is 0.0769. The van der Waals surface area contributed by atoms with E-state index in [4.69, 9.17) is 0 Å². The molecule has 0 radical (unpaired) electrons. The van der Waals surface area contributed by atoms with E-state index in [2.05, 4.69) is 11.1 Å². The van der Waals surface area contributed by atoms with Crippen molar-refractivity contribution >= 4 is 43.6 Å². The second-order valence-electron chi connectivity index (χ2n) is 15.9. The Bertz CT molecular complexity index is 3710. The summed E-state index contributed by atoms with van der Waals surface area (Å²) >= 11 is 0. The summed E-state index contributed by atoms with van der Waals surface area (Å²) in [5.74, 6) is 0. The van der Waals surface area contributed by atoms with Crippen molar-refractivity contribution < 1.29 is 52.7 Å². The fourth-order valence-electron chi connectivity index (χ4n) is 9.02. The van der Waals surface area contributed by atoms with Gasteiger partial charge >= 0.3 is 24.7 Å². The highest BCUT2D eigenvalue weighted by Crippen LogP contribution is 2.46. The predicted octanol–water partition coefficient (Wildman–Crippen LogP) is 16.2. The van der Waals surface area contributed by atoms with E-state index in [1.165, 1.54) is 30.5 Å². The maximum absolute atomic E-state index is 14.4. The van der Waals surface area contributed by atoms with Crippen molar-refractivity contribution in [2.24, 2.45) is 0 Å². The monoisotopic (exact) mass is 934 g/mol. The standard InChI is InChI=1S/C52H26F12N4/c53-49(54,55)31-12-15-33(41(24-31)51(59,60)61)29-10-17-45-38(22-29)35-5-1-3-7-43(35)67(45)47-19-20-66-27-40(47)37-14-9-28(26-65)21-48(37)68-44-8-4-2-6-36(44)39-23-30(11-18-46(39)68)34-16-13-32(50(56,57)58)25-42(34)52(62,63)64/h1-25,27H. The fourth-order valence-corrected chi connectivity index (χ4v) is 9.02. The lowest BCUT2D eigenvalue weighted by molar-refractivity contribution is -0.144. The first kappa shape index (κ1) is 43.8. The largest absolute Gasteiger partial charge is 0.417 e. The van der Waals surface area contributed by atoms with Crippen LogP contribution in [-0.2, 0) is 24.7 Å². The second-order valence-corrected chi connectivity index (χ2v) is 15.9. The number of alkyl halides is 12. The topological polar surface area (TPSA) is 46.5 Å². The molecule has 10 aromatic rings. The van der Waals surface area contributed by atoms with Crippen LogP contribution in [0, 0.1) is 11.3 Å². The van der Waals surface area contributed by atoms with Gasteiger partial charge in [-0.25, -0.2) is 0 Å². The van der Waals surface area contributed by atoms with Gasteiger partial charge in [-0.3, -0.25) is 4.98 Å². The molecule has 0 atom stereocenters. The van der Waals surface area contributed by atoms with Crippen molar-refractivity contribution in [2.45, 2.75) is 24.7 Å². The molecule has 338 valence electrons. The summed E-state index contributed by atoms with van der Waals surface area (Å²) in [7, 11) is 0. The summed E-state index contributed by atoms with van der Waals surface area (Å²) < 4.78 is 172. The smallest absolute Gasteiger partial charge is 0.309 e. The number of hydrogen-bond acceptors (Lipinski definition) is 2. The number of para-hydroxylation sites is 2. The van der Waals surface area contributed by atoms with Gasteiger partial charge in [-0.05, 0) is 101 Å². The van der Waals surface area contributed by atoms with Gasteiger partial charge in [0, 0.05) is 45.1 Å². The minimum atomic E-state index is -5.13. The van der Waals surface area contributed by atoms with Gasteiger partial charge in [0.2, 0.25) is 0 Å². The molecule has 0 fully saturated rings. The quantitative estimate of drug-likeness (QED) is 0.161. The Kier molecular flexibility index (Phi) is 9.99. The van der Waals surface area contributed by atoms with E-state index in [0.29, 0.717) is 78.2 Å². The molecule has 3 aromatic heterocycles. The lowest BCUT2D eigenvalue weighted by Crippen LogP contribution is -2.12. The van der Waals surface area contributed by atoms with Crippen molar-refractivity contribution in [3.05, 3.63) is 186 Å². The summed E-state index contributed by atoms with van der Waals surface area (Å²) in [6.07, 6.45) is -17.2. The van der Waals surface area contributed by atoms with Crippen LogP contribution < -0.4 is 0 Å². The van der Waals surface area contributed by atoms with Gasteiger partial charge in [0.05, 0.1) is 67.3 Å². The van der Waals surface area contributed by atoms with E-state index >= 15 is 0 Å². The molecular formula is C52H26F12N4. The van der Waals surface area contributed by atoms with Crippen LogP contribution in [-0.4, -0.2) is 14.1 Å². The first-order chi connectivity index (χ1) is 32.2. The Morgan fingerprint density at radius 3 is 1.32 bits per heavy atom. The minimum absolute atomic E-state index is 0.00414. The van der Waals surface area contributed by atoms with E-state index < -0.39 is 58.1 Å². The summed E-state index contributed by atoms with van der Waals surface area (Å²) in [5.41, 5.74) is -2.30. The Balaban J connectivity index is 1.18.